The fourth-order valence-corrected chi connectivity index (χ4v) is 1.32. The Morgan fingerprint density at radius 2 is 1.71 bits per heavy atom. The summed E-state index contributed by atoms with van der Waals surface area (Å²) in [6.45, 7) is 6.50. The van der Waals surface area contributed by atoms with E-state index in [2.05, 4.69) is 25.7 Å². The lowest BCUT2D eigenvalue weighted by atomic mass is 10.1. The normalized spacial score (nSPS) is 10.6. The maximum atomic E-state index is 5.01. The minimum atomic E-state index is 0.760. The lowest BCUT2D eigenvalue weighted by molar-refractivity contribution is 0.257. The van der Waals surface area contributed by atoms with Crippen molar-refractivity contribution in [3.63, 3.8) is 0 Å². The van der Waals surface area contributed by atoms with E-state index in [4.69, 9.17) is 4.74 Å². The molecule has 0 bridgehead atoms. The summed E-state index contributed by atoms with van der Waals surface area (Å²) in [4.78, 5) is 0. The molecule has 0 amide bonds. The average molecular weight is 196 g/mol. The van der Waals surface area contributed by atoms with Crippen LogP contribution in [0, 0.1) is 0 Å². The van der Waals surface area contributed by atoms with Gasteiger partial charge in [0.1, 0.15) is 0 Å². The standard InChI is InChI=1S/C13H24O/c1-3-5-6-7-8-9-10-11-12-13-14-4-2/h4,10-11H,2-3,5-9,12-13H2,1H3/b11-10+. The molecule has 0 aromatic carbocycles. The number of ether oxygens (including phenoxy) is 1. The van der Waals surface area contributed by atoms with Crippen LogP contribution < -0.4 is 0 Å². The number of rotatable bonds is 10. The zero-order chi connectivity index (χ0) is 10.5. The van der Waals surface area contributed by atoms with Crippen LogP contribution in [0.4, 0.5) is 0 Å². The smallest absolute Gasteiger partial charge is 0.0907 e. The average Bonchev–Trinajstić information content (AvgIpc) is 2.21. The number of hydrogen-bond donors (Lipinski definition) is 0. The topological polar surface area (TPSA) is 9.23 Å². The molecule has 0 saturated heterocycles. The Kier molecular flexibility index (Phi) is 11.6. The van der Waals surface area contributed by atoms with Crippen LogP contribution >= 0.6 is 0 Å². The minimum Gasteiger partial charge on any atom is -0.501 e. The summed E-state index contributed by atoms with van der Waals surface area (Å²) in [7, 11) is 0. The van der Waals surface area contributed by atoms with Crippen LogP contribution in [0.5, 0.6) is 0 Å². The van der Waals surface area contributed by atoms with Gasteiger partial charge in [-0.2, -0.15) is 0 Å². The molecule has 0 heterocycles. The van der Waals surface area contributed by atoms with Gasteiger partial charge in [-0.1, -0.05) is 51.3 Å². The molecule has 1 heteroatoms. The molecule has 0 aromatic heterocycles. The first-order valence-corrected chi connectivity index (χ1v) is 5.79. The molecule has 0 aromatic rings. The Balaban J connectivity index is 2.99. The van der Waals surface area contributed by atoms with Gasteiger partial charge in [0.05, 0.1) is 12.9 Å². The quantitative estimate of drug-likeness (QED) is 0.285. The summed E-state index contributed by atoms with van der Waals surface area (Å²) in [6.07, 6.45) is 15.0. The monoisotopic (exact) mass is 196 g/mol. The van der Waals surface area contributed by atoms with Crippen molar-refractivity contribution in [1.82, 2.24) is 0 Å². The fraction of sp³-hybridized carbons (Fsp3) is 0.692. The molecule has 14 heavy (non-hydrogen) atoms. The van der Waals surface area contributed by atoms with E-state index in [1.54, 1.807) is 0 Å². The summed E-state index contributed by atoms with van der Waals surface area (Å²) in [6, 6.07) is 0. The largest absolute Gasteiger partial charge is 0.501 e. The van der Waals surface area contributed by atoms with Crippen molar-refractivity contribution in [2.75, 3.05) is 6.61 Å². The molecule has 1 nitrogen and oxygen atoms in total. The molecule has 0 spiro atoms. The van der Waals surface area contributed by atoms with Gasteiger partial charge < -0.3 is 4.74 Å². The van der Waals surface area contributed by atoms with Gasteiger partial charge in [-0.3, -0.25) is 0 Å². The molecule has 0 N–H and O–H groups in total. The summed E-state index contributed by atoms with van der Waals surface area (Å²) in [5, 5.41) is 0. The number of hydrogen-bond acceptors (Lipinski definition) is 1. The second-order valence-electron chi connectivity index (χ2n) is 3.50. The molecule has 0 aliphatic carbocycles. The van der Waals surface area contributed by atoms with Crippen molar-refractivity contribution in [2.45, 2.75) is 51.9 Å². The highest BCUT2D eigenvalue weighted by Crippen LogP contribution is 2.05. The van der Waals surface area contributed by atoms with E-state index in [1.165, 1.54) is 44.8 Å². The summed E-state index contributed by atoms with van der Waals surface area (Å²) < 4.78 is 5.01. The fourth-order valence-electron chi connectivity index (χ4n) is 1.32. The van der Waals surface area contributed by atoms with Crippen LogP contribution in [-0.2, 0) is 4.74 Å². The summed E-state index contributed by atoms with van der Waals surface area (Å²) in [5.41, 5.74) is 0. The van der Waals surface area contributed by atoms with E-state index in [0.717, 1.165) is 13.0 Å². The Hall–Kier alpha value is -0.720. The van der Waals surface area contributed by atoms with Gasteiger partial charge in [-0.15, -0.1) is 0 Å². The van der Waals surface area contributed by atoms with Crippen LogP contribution in [0.1, 0.15) is 51.9 Å². The molecule has 0 rings (SSSR count). The maximum Gasteiger partial charge on any atom is 0.0907 e. The van der Waals surface area contributed by atoms with Crippen LogP contribution in [0.15, 0.2) is 25.0 Å². The molecule has 0 aliphatic heterocycles. The predicted molar refractivity (Wildman–Crippen MR) is 63.3 cm³/mol. The molecular formula is C13H24O. The Bertz CT molecular complexity index is 138. The summed E-state index contributed by atoms with van der Waals surface area (Å²) >= 11 is 0. The van der Waals surface area contributed by atoms with Crippen molar-refractivity contribution < 1.29 is 4.74 Å². The second-order valence-corrected chi connectivity index (χ2v) is 3.50. The molecule has 0 unspecified atom stereocenters. The molecular weight excluding hydrogens is 172 g/mol. The predicted octanol–water partition coefficient (Wildman–Crippen LogP) is 4.45. The van der Waals surface area contributed by atoms with Crippen molar-refractivity contribution in [1.29, 1.82) is 0 Å². The molecule has 0 atom stereocenters. The van der Waals surface area contributed by atoms with E-state index >= 15 is 0 Å². The van der Waals surface area contributed by atoms with Crippen LogP contribution in [0.2, 0.25) is 0 Å². The highest BCUT2D eigenvalue weighted by atomic mass is 16.5. The van der Waals surface area contributed by atoms with E-state index in [0.29, 0.717) is 0 Å². The van der Waals surface area contributed by atoms with E-state index in [1.807, 2.05) is 0 Å². The van der Waals surface area contributed by atoms with Gasteiger partial charge in [-0.25, -0.2) is 0 Å². The maximum absolute atomic E-state index is 5.01. The van der Waals surface area contributed by atoms with Gasteiger partial charge in [0.15, 0.2) is 0 Å². The molecule has 0 radical (unpaired) electrons. The third-order valence-electron chi connectivity index (χ3n) is 2.16. The third-order valence-corrected chi connectivity index (χ3v) is 2.16. The van der Waals surface area contributed by atoms with E-state index in [9.17, 15) is 0 Å². The molecule has 0 fully saturated rings. The number of allylic oxidation sites excluding steroid dienone is 1. The first kappa shape index (κ1) is 13.3. The van der Waals surface area contributed by atoms with Crippen LogP contribution in [0.3, 0.4) is 0 Å². The Morgan fingerprint density at radius 3 is 2.43 bits per heavy atom. The van der Waals surface area contributed by atoms with Crippen LogP contribution in [0.25, 0.3) is 0 Å². The molecule has 82 valence electrons. The van der Waals surface area contributed by atoms with Crippen LogP contribution in [-0.4, -0.2) is 6.61 Å². The lowest BCUT2D eigenvalue weighted by Crippen LogP contribution is -1.82. The Labute approximate surface area is 88.9 Å². The van der Waals surface area contributed by atoms with Gasteiger partial charge >= 0.3 is 0 Å². The van der Waals surface area contributed by atoms with Crippen molar-refractivity contribution >= 4 is 0 Å². The first-order valence-electron chi connectivity index (χ1n) is 5.79. The SMILES string of the molecule is C=COCC/C=C/CCCCCCC. The van der Waals surface area contributed by atoms with Crippen molar-refractivity contribution in [3.05, 3.63) is 25.0 Å². The van der Waals surface area contributed by atoms with Gasteiger partial charge in [0, 0.05) is 0 Å². The molecule has 0 saturated carbocycles. The van der Waals surface area contributed by atoms with Gasteiger partial charge in [0.25, 0.3) is 0 Å². The van der Waals surface area contributed by atoms with Gasteiger partial charge in [-0.05, 0) is 19.3 Å². The van der Waals surface area contributed by atoms with E-state index in [-0.39, 0.29) is 0 Å². The molecule has 0 aliphatic rings. The second kappa shape index (κ2) is 12.3. The lowest BCUT2D eigenvalue weighted by Gasteiger charge is -1.96. The highest BCUT2D eigenvalue weighted by Gasteiger charge is 1.86. The first-order chi connectivity index (χ1) is 6.91. The highest BCUT2D eigenvalue weighted by molar-refractivity contribution is 4.81. The summed E-state index contributed by atoms with van der Waals surface area (Å²) in [5.74, 6) is 0. The van der Waals surface area contributed by atoms with E-state index < -0.39 is 0 Å². The Morgan fingerprint density at radius 1 is 1.00 bits per heavy atom. The van der Waals surface area contributed by atoms with Gasteiger partial charge in [0.2, 0.25) is 0 Å². The number of unbranched alkanes of at least 4 members (excludes halogenated alkanes) is 5. The zero-order valence-electron chi connectivity index (χ0n) is 9.50. The van der Waals surface area contributed by atoms with Crippen molar-refractivity contribution in [3.8, 4) is 0 Å². The van der Waals surface area contributed by atoms with Crippen molar-refractivity contribution in [2.24, 2.45) is 0 Å². The minimum absolute atomic E-state index is 0.760. The zero-order valence-corrected chi connectivity index (χ0v) is 9.50. The third kappa shape index (κ3) is 11.3.